The predicted molar refractivity (Wildman–Crippen MR) is 136 cm³/mol. The van der Waals surface area contributed by atoms with Crippen LogP contribution in [0.1, 0.15) is 81.2 Å². The lowest BCUT2D eigenvalue weighted by Gasteiger charge is -2.37. The number of carboxylic acid groups (broad SMARTS) is 1. The smallest absolute Gasteiger partial charge is 0.409 e. The summed E-state index contributed by atoms with van der Waals surface area (Å²) in [5.74, 6) is -1.73. The van der Waals surface area contributed by atoms with Crippen LogP contribution in [0.2, 0.25) is 0 Å². The Kier molecular flexibility index (Phi) is 8.73. The van der Waals surface area contributed by atoms with Crippen molar-refractivity contribution in [3.63, 3.8) is 0 Å². The number of nitrogens with one attached hydrogen (secondary N) is 1. The molecule has 200 valence electrons. The van der Waals surface area contributed by atoms with Gasteiger partial charge in [-0.3, -0.25) is 19.3 Å². The fourth-order valence-corrected chi connectivity index (χ4v) is 4.81. The fourth-order valence-electron chi connectivity index (χ4n) is 4.81. The minimum atomic E-state index is -1.37. The van der Waals surface area contributed by atoms with Crippen molar-refractivity contribution in [2.45, 2.75) is 78.6 Å². The second kappa shape index (κ2) is 11.6. The van der Waals surface area contributed by atoms with Crippen molar-refractivity contribution in [2.24, 2.45) is 5.41 Å². The summed E-state index contributed by atoms with van der Waals surface area (Å²) in [7, 11) is 0. The highest BCUT2D eigenvalue weighted by atomic mass is 16.5. The lowest BCUT2D eigenvalue weighted by molar-refractivity contribution is -0.142. The molecule has 2 aromatic rings. The number of unbranched alkanes of at least 4 members (excludes halogenated alkanes) is 1. The third-order valence-corrected chi connectivity index (χ3v) is 6.68. The molecule has 1 aliphatic rings. The summed E-state index contributed by atoms with van der Waals surface area (Å²) in [6, 6.07) is 9.00. The highest BCUT2D eigenvalue weighted by Crippen LogP contribution is 2.38. The first-order chi connectivity index (χ1) is 17.4. The van der Waals surface area contributed by atoms with Crippen LogP contribution in [0, 0.1) is 12.3 Å². The number of hydrogen-bond donors (Lipinski definition) is 2. The van der Waals surface area contributed by atoms with Gasteiger partial charge in [0.25, 0.3) is 11.8 Å². The van der Waals surface area contributed by atoms with E-state index in [1.165, 1.54) is 11.0 Å². The van der Waals surface area contributed by atoms with Crippen LogP contribution in [-0.2, 0) is 9.59 Å². The molecule has 2 heterocycles. The summed E-state index contributed by atoms with van der Waals surface area (Å²) in [6.45, 7) is 9.46. The SMILES string of the molecule is CCCCC(C(=O)C(=O)N[C@H](C)c1ccccc1)N(C(=O)O)C1CC(C)(C)CN1C(=O)c1cc(C)on1. The van der Waals surface area contributed by atoms with E-state index in [4.69, 9.17) is 4.52 Å². The van der Waals surface area contributed by atoms with Crippen LogP contribution in [0.3, 0.4) is 0 Å². The van der Waals surface area contributed by atoms with Gasteiger partial charge in [0.1, 0.15) is 18.0 Å². The standard InChI is InChI=1S/C27H36N4O6/c1-6-7-13-21(23(32)24(33)28-18(3)19-11-9-8-10-12-19)31(26(35)36)22-15-27(4,5)16-30(22)25(34)20-14-17(2)37-29-20/h8-12,14,18,21-22H,6-7,13,15-16H2,1-5H3,(H,28,33)(H,35,36)/t18-,21?,22?/m1/s1. The molecule has 3 rings (SSSR count). The number of amides is 3. The maximum atomic E-state index is 13.5. The molecule has 1 aliphatic heterocycles. The Morgan fingerprint density at radius 1 is 1.24 bits per heavy atom. The Labute approximate surface area is 217 Å². The second-order valence-electron chi connectivity index (χ2n) is 10.4. The van der Waals surface area contributed by atoms with E-state index in [9.17, 15) is 24.3 Å². The number of nitrogens with zero attached hydrogens (tertiary/aromatic N) is 3. The molecule has 2 N–H and O–H groups in total. The van der Waals surface area contributed by atoms with Crippen LogP contribution in [0.5, 0.6) is 0 Å². The number of aromatic nitrogens is 1. The van der Waals surface area contributed by atoms with Crippen molar-refractivity contribution in [2.75, 3.05) is 6.54 Å². The second-order valence-corrected chi connectivity index (χ2v) is 10.4. The Morgan fingerprint density at radius 3 is 2.49 bits per heavy atom. The molecule has 10 heteroatoms. The van der Waals surface area contributed by atoms with Crippen LogP contribution < -0.4 is 5.32 Å². The Hall–Kier alpha value is -3.69. The van der Waals surface area contributed by atoms with E-state index >= 15 is 0 Å². The molecule has 1 aromatic heterocycles. The van der Waals surface area contributed by atoms with Crippen LogP contribution in [0.15, 0.2) is 40.9 Å². The lowest BCUT2D eigenvalue weighted by atomic mass is 9.91. The molecular formula is C27H36N4O6. The molecule has 1 aromatic carbocycles. The zero-order chi connectivity index (χ0) is 27.3. The number of rotatable bonds is 10. The van der Waals surface area contributed by atoms with Gasteiger partial charge in [-0.1, -0.05) is 69.1 Å². The van der Waals surface area contributed by atoms with Gasteiger partial charge in [-0.25, -0.2) is 4.79 Å². The van der Waals surface area contributed by atoms with Gasteiger partial charge in [-0.2, -0.15) is 0 Å². The first-order valence-electron chi connectivity index (χ1n) is 12.6. The number of Topliss-reactive ketones (excluding diaryl/α,β-unsaturated/α-hetero) is 1. The van der Waals surface area contributed by atoms with Gasteiger partial charge in [0, 0.05) is 12.6 Å². The van der Waals surface area contributed by atoms with E-state index in [1.807, 2.05) is 51.1 Å². The van der Waals surface area contributed by atoms with Crippen molar-refractivity contribution < 1.29 is 28.8 Å². The van der Waals surface area contributed by atoms with Gasteiger partial charge in [0.2, 0.25) is 5.78 Å². The van der Waals surface area contributed by atoms with Gasteiger partial charge in [-0.05, 0) is 37.7 Å². The minimum Gasteiger partial charge on any atom is -0.465 e. The van der Waals surface area contributed by atoms with E-state index in [0.29, 0.717) is 25.0 Å². The van der Waals surface area contributed by atoms with Crippen LogP contribution in [-0.4, -0.2) is 62.5 Å². The van der Waals surface area contributed by atoms with E-state index in [2.05, 4.69) is 10.5 Å². The summed E-state index contributed by atoms with van der Waals surface area (Å²) in [6.07, 6.45) is -0.599. The van der Waals surface area contributed by atoms with Crippen molar-refractivity contribution in [1.29, 1.82) is 0 Å². The fraction of sp³-hybridized carbons (Fsp3) is 0.519. The first-order valence-corrected chi connectivity index (χ1v) is 12.6. The molecule has 0 aliphatic carbocycles. The number of ketones is 1. The van der Waals surface area contributed by atoms with Crippen molar-refractivity contribution in [3.8, 4) is 0 Å². The van der Waals surface area contributed by atoms with Gasteiger partial charge < -0.3 is 19.8 Å². The predicted octanol–water partition coefficient (Wildman–Crippen LogP) is 4.17. The van der Waals surface area contributed by atoms with E-state index < -0.39 is 47.4 Å². The maximum absolute atomic E-state index is 13.5. The quantitative estimate of drug-likeness (QED) is 0.457. The van der Waals surface area contributed by atoms with Gasteiger partial charge >= 0.3 is 6.09 Å². The number of carbonyl (C=O) groups excluding carboxylic acids is 3. The topological polar surface area (TPSA) is 133 Å². The summed E-state index contributed by atoms with van der Waals surface area (Å²) < 4.78 is 5.05. The van der Waals surface area contributed by atoms with Crippen LogP contribution in [0.4, 0.5) is 4.79 Å². The molecule has 10 nitrogen and oxygen atoms in total. The molecule has 2 unspecified atom stereocenters. The molecule has 3 amide bonds. The van der Waals surface area contributed by atoms with Crippen molar-refractivity contribution in [1.82, 2.24) is 20.3 Å². The summed E-state index contributed by atoms with van der Waals surface area (Å²) in [5, 5.41) is 16.8. The number of aryl methyl sites for hydroxylation is 1. The summed E-state index contributed by atoms with van der Waals surface area (Å²) in [5.41, 5.74) is 0.465. The van der Waals surface area contributed by atoms with E-state index in [1.54, 1.807) is 13.8 Å². The molecule has 0 spiro atoms. The number of benzene rings is 1. The molecule has 1 fully saturated rings. The van der Waals surface area contributed by atoms with E-state index in [0.717, 1.165) is 10.5 Å². The monoisotopic (exact) mass is 512 g/mol. The minimum absolute atomic E-state index is 0.0661. The van der Waals surface area contributed by atoms with Crippen molar-refractivity contribution in [3.05, 3.63) is 53.4 Å². The Balaban J connectivity index is 1.92. The largest absolute Gasteiger partial charge is 0.465 e. The van der Waals surface area contributed by atoms with E-state index in [-0.39, 0.29) is 18.7 Å². The van der Waals surface area contributed by atoms with Crippen LogP contribution >= 0.6 is 0 Å². The summed E-state index contributed by atoms with van der Waals surface area (Å²) >= 11 is 0. The average molecular weight is 513 g/mol. The molecule has 0 bridgehead atoms. The van der Waals surface area contributed by atoms with Gasteiger partial charge in [0.05, 0.1) is 6.04 Å². The zero-order valence-corrected chi connectivity index (χ0v) is 22.1. The molecular weight excluding hydrogens is 476 g/mol. The molecule has 37 heavy (non-hydrogen) atoms. The average Bonchev–Trinajstić information content (AvgIpc) is 3.43. The summed E-state index contributed by atoms with van der Waals surface area (Å²) in [4.78, 5) is 54.9. The molecule has 0 radical (unpaired) electrons. The molecule has 0 saturated carbocycles. The first kappa shape index (κ1) is 27.9. The van der Waals surface area contributed by atoms with Gasteiger partial charge in [0.15, 0.2) is 5.69 Å². The number of carbonyl (C=O) groups is 4. The van der Waals surface area contributed by atoms with Crippen molar-refractivity contribution >= 4 is 23.7 Å². The molecule has 3 atom stereocenters. The number of hydrogen-bond acceptors (Lipinski definition) is 6. The normalized spacial score (nSPS) is 18.2. The molecule has 1 saturated heterocycles. The lowest BCUT2D eigenvalue weighted by Crippen LogP contribution is -2.58. The number of likely N-dealkylation sites (tertiary alicyclic amines) is 1. The zero-order valence-electron chi connectivity index (χ0n) is 22.1. The highest BCUT2D eigenvalue weighted by molar-refractivity contribution is 6.38. The highest BCUT2D eigenvalue weighted by Gasteiger charge is 2.49. The van der Waals surface area contributed by atoms with Crippen LogP contribution in [0.25, 0.3) is 0 Å². The maximum Gasteiger partial charge on any atom is 0.409 e. The Morgan fingerprint density at radius 2 is 1.92 bits per heavy atom. The third kappa shape index (κ3) is 6.55. The third-order valence-electron chi connectivity index (χ3n) is 6.68. The van der Waals surface area contributed by atoms with Gasteiger partial charge in [-0.15, -0.1) is 0 Å². The Bertz CT molecular complexity index is 1130.